The zero-order valence-corrected chi connectivity index (χ0v) is 11.6. The first kappa shape index (κ1) is 14.3. The average Bonchev–Trinajstić information content (AvgIpc) is 2.37. The quantitative estimate of drug-likeness (QED) is 0.857. The number of urea groups is 1. The number of benzene rings is 1. The molecule has 1 heterocycles. The minimum atomic E-state index is -0.625. The van der Waals surface area contributed by atoms with Crippen molar-refractivity contribution >= 4 is 17.6 Å². The van der Waals surface area contributed by atoms with Crippen molar-refractivity contribution < 1.29 is 14.3 Å². The number of ether oxygens (including phenoxy) is 1. The molecule has 1 aromatic carbocycles. The van der Waals surface area contributed by atoms with Gasteiger partial charge in [-0.15, -0.1) is 0 Å². The third-order valence-electron chi connectivity index (χ3n) is 3.11. The van der Waals surface area contributed by atoms with E-state index in [0.717, 1.165) is 0 Å². The highest BCUT2D eigenvalue weighted by atomic mass is 16.5. The number of anilines is 1. The summed E-state index contributed by atoms with van der Waals surface area (Å²) in [5.74, 6) is -0.0300. The van der Waals surface area contributed by atoms with E-state index in [4.69, 9.17) is 10.5 Å². The fourth-order valence-electron chi connectivity index (χ4n) is 2.36. The van der Waals surface area contributed by atoms with Crippen LogP contribution >= 0.6 is 0 Å². The Morgan fingerprint density at radius 2 is 1.75 bits per heavy atom. The van der Waals surface area contributed by atoms with E-state index >= 15 is 0 Å². The summed E-state index contributed by atoms with van der Waals surface area (Å²) >= 11 is 0. The number of rotatable bonds is 2. The number of nitrogens with two attached hydrogens (primary N) is 1. The lowest BCUT2D eigenvalue weighted by Crippen LogP contribution is -2.48. The lowest BCUT2D eigenvalue weighted by Gasteiger charge is -2.35. The molecule has 3 amide bonds. The second-order valence-electron chi connectivity index (χ2n) is 5.03. The van der Waals surface area contributed by atoms with Gasteiger partial charge in [0, 0.05) is 24.3 Å². The van der Waals surface area contributed by atoms with Gasteiger partial charge in [0.1, 0.15) is 0 Å². The van der Waals surface area contributed by atoms with Crippen molar-refractivity contribution in [3.63, 3.8) is 0 Å². The summed E-state index contributed by atoms with van der Waals surface area (Å²) in [6.07, 6.45) is 0.0806. The van der Waals surface area contributed by atoms with E-state index in [9.17, 15) is 9.59 Å². The van der Waals surface area contributed by atoms with Crippen molar-refractivity contribution in [3.8, 4) is 0 Å². The Hall–Kier alpha value is -2.08. The molecule has 1 aromatic rings. The third kappa shape index (κ3) is 3.48. The van der Waals surface area contributed by atoms with Crippen LogP contribution in [0.15, 0.2) is 24.3 Å². The van der Waals surface area contributed by atoms with Crippen LogP contribution in [0.2, 0.25) is 0 Å². The molecule has 2 atom stereocenters. The molecular weight excluding hydrogens is 258 g/mol. The van der Waals surface area contributed by atoms with Gasteiger partial charge in [-0.25, -0.2) is 4.79 Å². The Morgan fingerprint density at radius 1 is 1.20 bits per heavy atom. The first-order chi connectivity index (χ1) is 9.45. The molecule has 2 unspecified atom stereocenters. The Kier molecular flexibility index (Phi) is 4.24. The first-order valence-corrected chi connectivity index (χ1v) is 6.57. The largest absolute Gasteiger partial charge is 0.372 e. The van der Waals surface area contributed by atoms with Crippen molar-refractivity contribution in [3.05, 3.63) is 29.8 Å². The van der Waals surface area contributed by atoms with Crippen LogP contribution in [0.5, 0.6) is 0 Å². The number of nitrogens with one attached hydrogen (secondary N) is 1. The number of amides is 3. The van der Waals surface area contributed by atoms with E-state index in [-0.39, 0.29) is 18.1 Å². The van der Waals surface area contributed by atoms with Crippen LogP contribution in [0.4, 0.5) is 10.5 Å². The van der Waals surface area contributed by atoms with E-state index in [0.29, 0.717) is 24.3 Å². The summed E-state index contributed by atoms with van der Waals surface area (Å²) in [6.45, 7) is 5.08. The Balaban J connectivity index is 2.07. The van der Waals surface area contributed by atoms with E-state index in [1.54, 1.807) is 29.2 Å². The number of hydrogen-bond donors (Lipinski definition) is 2. The molecule has 0 aromatic heterocycles. The minimum absolute atomic E-state index is 0.0300. The van der Waals surface area contributed by atoms with Gasteiger partial charge in [0.2, 0.25) is 0 Å². The van der Waals surface area contributed by atoms with E-state index < -0.39 is 6.03 Å². The maximum absolute atomic E-state index is 12.4. The monoisotopic (exact) mass is 277 g/mol. The maximum Gasteiger partial charge on any atom is 0.316 e. The van der Waals surface area contributed by atoms with Crippen LogP contribution in [0.3, 0.4) is 0 Å². The molecule has 6 heteroatoms. The predicted molar refractivity (Wildman–Crippen MR) is 75.6 cm³/mol. The van der Waals surface area contributed by atoms with Crippen LogP contribution in [0, 0.1) is 0 Å². The predicted octanol–water partition coefficient (Wildman–Crippen LogP) is 1.43. The highest BCUT2D eigenvalue weighted by Gasteiger charge is 2.26. The van der Waals surface area contributed by atoms with Crippen molar-refractivity contribution in [1.29, 1.82) is 0 Å². The van der Waals surface area contributed by atoms with Crippen LogP contribution in [0.1, 0.15) is 24.2 Å². The molecule has 3 N–H and O–H groups in total. The zero-order valence-electron chi connectivity index (χ0n) is 11.6. The Bertz CT molecular complexity index is 491. The highest BCUT2D eigenvalue weighted by molar-refractivity contribution is 5.95. The van der Waals surface area contributed by atoms with Gasteiger partial charge < -0.3 is 20.7 Å². The molecule has 2 rings (SSSR count). The van der Waals surface area contributed by atoms with Gasteiger partial charge in [-0.1, -0.05) is 0 Å². The number of carbonyl (C=O) groups excluding carboxylic acids is 2. The first-order valence-electron chi connectivity index (χ1n) is 6.57. The fraction of sp³-hybridized carbons (Fsp3) is 0.429. The maximum atomic E-state index is 12.4. The minimum Gasteiger partial charge on any atom is -0.372 e. The van der Waals surface area contributed by atoms with E-state index in [2.05, 4.69) is 5.32 Å². The molecule has 1 fully saturated rings. The SMILES string of the molecule is CC1CN(C(=O)c2ccc(NC(N)=O)cc2)CC(C)O1. The summed E-state index contributed by atoms with van der Waals surface area (Å²) in [6, 6.07) is 6.05. The molecule has 1 saturated heterocycles. The van der Waals surface area contributed by atoms with Gasteiger partial charge in [-0.3, -0.25) is 4.79 Å². The standard InChI is InChI=1S/C14H19N3O3/c1-9-7-17(8-10(2)20-9)13(18)11-3-5-12(6-4-11)16-14(15)19/h3-6,9-10H,7-8H2,1-2H3,(H3,15,16,19). The van der Waals surface area contributed by atoms with Crippen molar-refractivity contribution in [2.24, 2.45) is 5.73 Å². The molecule has 20 heavy (non-hydrogen) atoms. The summed E-state index contributed by atoms with van der Waals surface area (Å²) in [7, 11) is 0. The Labute approximate surface area is 117 Å². The van der Waals surface area contributed by atoms with Crippen molar-refractivity contribution in [2.45, 2.75) is 26.1 Å². The fourth-order valence-corrected chi connectivity index (χ4v) is 2.36. The zero-order chi connectivity index (χ0) is 14.7. The average molecular weight is 277 g/mol. The van der Waals surface area contributed by atoms with Gasteiger partial charge in [-0.05, 0) is 38.1 Å². The summed E-state index contributed by atoms with van der Waals surface area (Å²) in [5, 5.41) is 2.46. The second kappa shape index (κ2) is 5.92. The molecule has 6 nitrogen and oxygen atoms in total. The number of hydrogen-bond acceptors (Lipinski definition) is 3. The van der Waals surface area contributed by atoms with Gasteiger partial charge in [0.25, 0.3) is 5.91 Å². The molecular formula is C14H19N3O3. The van der Waals surface area contributed by atoms with Crippen LogP contribution in [-0.2, 0) is 4.74 Å². The van der Waals surface area contributed by atoms with Gasteiger partial charge in [0.05, 0.1) is 12.2 Å². The second-order valence-corrected chi connectivity index (χ2v) is 5.03. The van der Waals surface area contributed by atoms with Crippen LogP contribution < -0.4 is 11.1 Å². The lowest BCUT2D eigenvalue weighted by molar-refractivity contribution is -0.0586. The lowest BCUT2D eigenvalue weighted by atomic mass is 10.1. The molecule has 0 saturated carbocycles. The normalized spacial score (nSPS) is 22.4. The summed E-state index contributed by atoms with van der Waals surface area (Å²) in [5.41, 5.74) is 6.18. The molecule has 1 aliphatic rings. The number of morpholine rings is 1. The number of primary amides is 1. The number of nitrogens with zero attached hydrogens (tertiary/aromatic N) is 1. The van der Waals surface area contributed by atoms with Gasteiger partial charge >= 0.3 is 6.03 Å². The topological polar surface area (TPSA) is 84.7 Å². The molecule has 0 radical (unpaired) electrons. The molecule has 108 valence electrons. The summed E-state index contributed by atoms with van der Waals surface area (Å²) < 4.78 is 5.61. The van der Waals surface area contributed by atoms with Gasteiger partial charge in [0.15, 0.2) is 0 Å². The summed E-state index contributed by atoms with van der Waals surface area (Å²) in [4.78, 5) is 24.9. The van der Waals surface area contributed by atoms with Gasteiger partial charge in [-0.2, -0.15) is 0 Å². The molecule has 1 aliphatic heterocycles. The molecule has 0 aliphatic carbocycles. The molecule has 0 spiro atoms. The van der Waals surface area contributed by atoms with E-state index in [1.165, 1.54) is 0 Å². The third-order valence-corrected chi connectivity index (χ3v) is 3.11. The smallest absolute Gasteiger partial charge is 0.316 e. The van der Waals surface area contributed by atoms with Crippen LogP contribution in [0.25, 0.3) is 0 Å². The van der Waals surface area contributed by atoms with Crippen molar-refractivity contribution in [2.75, 3.05) is 18.4 Å². The van der Waals surface area contributed by atoms with Crippen LogP contribution in [-0.4, -0.2) is 42.1 Å². The Morgan fingerprint density at radius 3 is 2.25 bits per heavy atom. The highest BCUT2D eigenvalue weighted by Crippen LogP contribution is 2.16. The molecule has 0 bridgehead atoms. The van der Waals surface area contributed by atoms with E-state index in [1.807, 2.05) is 13.8 Å². The van der Waals surface area contributed by atoms with Crippen molar-refractivity contribution in [1.82, 2.24) is 4.90 Å². The number of carbonyl (C=O) groups is 2.